The molecule has 21 heavy (non-hydrogen) atoms. The first-order chi connectivity index (χ1) is 10.1. The van der Waals surface area contributed by atoms with Gasteiger partial charge in [-0.15, -0.1) is 0 Å². The van der Waals surface area contributed by atoms with E-state index in [2.05, 4.69) is 21.2 Å². The molecule has 4 nitrogen and oxygen atoms in total. The van der Waals surface area contributed by atoms with Gasteiger partial charge in [0, 0.05) is 15.7 Å². The van der Waals surface area contributed by atoms with Crippen molar-refractivity contribution in [3.05, 3.63) is 58.1 Å². The maximum Gasteiger partial charge on any atom is 0.262 e. The van der Waals surface area contributed by atoms with Crippen LogP contribution in [0.3, 0.4) is 0 Å². The second kappa shape index (κ2) is 7.04. The molecule has 0 heterocycles. The maximum absolute atomic E-state index is 11.8. The summed E-state index contributed by atoms with van der Waals surface area (Å²) >= 11 is 3.26. The minimum Gasteiger partial charge on any atom is -0.484 e. The number of hydrogen-bond acceptors (Lipinski definition) is 3. The lowest BCUT2D eigenvalue weighted by atomic mass is 10.2. The number of hydrogen-bond donors (Lipinski definition) is 1. The van der Waals surface area contributed by atoms with Gasteiger partial charge in [-0.1, -0.05) is 34.1 Å². The van der Waals surface area contributed by atoms with E-state index in [-0.39, 0.29) is 12.5 Å². The summed E-state index contributed by atoms with van der Waals surface area (Å²) in [4.78, 5) is 22.7. The standard InChI is InChI=1S/C16H14BrNO3/c1-11-4-2-3-5-15(11)18-16(20)10-21-13-6-7-14(17)12(8-13)9-19/h2-9H,10H2,1H3,(H,18,20). The second-order valence-corrected chi connectivity index (χ2v) is 5.31. The molecule has 2 aromatic carbocycles. The van der Waals surface area contributed by atoms with Crippen molar-refractivity contribution in [1.82, 2.24) is 0 Å². The minimum absolute atomic E-state index is 0.117. The summed E-state index contributed by atoms with van der Waals surface area (Å²) in [7, 11) is 0. The first kappa shape index (κ1) is 15.3. The van der Waals surface area contributed by atoms with Crippen molar-refractivity contribution in [2.45, 2.75) is 6.92 Å². The van der Waals surface area contributed by atoms with Crippen LogP contribution in [0.5, 0.6) is 5.75 Å². The van der Waals surface area contributed by atoms with Crippen LogP contribution in [0.15, 0.2) is 46.9 Å². The summed E-state index contributed by atoms with van der Waals surface area (Å²) in [6, 6.07) is 12.5. The summed E-state index contributed by atoms with van der Waals surface area (Å²) < 4.78 is 6.07. The molecule has 0 aromatic heterocycles. The molecule has 108 valence electrons. The number of ether oxygens (including phenoxy) is 1. The topological polar surface area (TPSA) is 55.4 Å². The highest BCUT2D eigenvalue weighted by molar-refractivity contribution is 9.10. The van der Waals surface area contributed by atoms with Crippen LogP contribution < -0.4 is 10.1 Å². The smallest absolute Gasteiger partial charge is 0.262 e. The molecule has 0 aliphatic carbocycles. The van der Waals surface area contributed by atoms with E-state index in [9.17, 15) is 9.59 Å². The third-order valence-electron chi connectivity index (χ3n) is 2.88. The Morgan fingerprint density at radius 2 is 2.05 bits per heavy atom. The highest BCUT2D eigenvalue weighted by Gasteiger charge is 2.07. The SMILES string of the molecule is Cc1ccccc1NC(=O)COc1ccc(Br)c(C=O)c1. The van der Waals surface area contributed by atoms with Crippen LogP contribution >= 0.6 is 15.9 Å². The Bertz CT molecular complexity index is 670. The number of amides is 1. The van der Waals surface area contributed by atoms with Gasteiger partial charge in [0.2, 0.25) is 0 Å². The molecule has 0 aliphatic rings. The number of halogens is 1. The van der Waals surface area contributed by atoms with Gasteiger partial charge in [0.25, 0.3) is 5.91 Å². The summed E-state index contributed by atoms with van der Waals surface area (Å²) in [5.74, 6) is 0.222. The fourth-order valence-electron chi connectivity index (χ4n) is 1.75. The number of aldehydes is 1. The highest BCUT2D eigenvalue weighted by Crippen LogP contribution is 2.21. The van der Waals surface area contributed by atoms with Gasteiger partial charge in [-0.3, -0.25) is 9.59 Å². The largest absolute Gasteiger partial charge is 0.484 e. The van der Waals surface area contributed by atoms with Crippen molar-refractivity contribution in [3.8, 4) is 5.75 Å². The van der Waals surface area contributed by atoms with Crippen molar-refractivity contribution >= 4 is 33.8 Å². The quantitative estimate of drug-likeness (QED) is 0.841. The molecule has 0 saturated carbocycles. The first-order valence-corrected chi connectivity index (χ1v) is 7.12. The lowest BCUT2D eigenvalue weighted by molar-refractivity contribution is -0.118. The Morgan fingerprint density at radius 3 is 2.76 bits per heavy atom. The lowest BCUT2D eigenvalue weighted by Gasteiger charge is -2.10. The maximum atomic E-state index is 11.8. The van der Waals surface area contributed by atoms with E-state index in [1.165, 1.54) is 0 Å². The predicted octanol–water partition coefficient (Wildman–Crippen LogP) is 3.59. The van der Waals surface area contributed by atoms with Crippen molar-refractivity contribution in [1.29, 1.82) is 0 Å². The number of carbonyl (C=O) groups excluding carboxylic acids is 2. The van der Waals surface area contributed by atoms with Gasteiger partial charge in [0.1, 0.15) is 5.75 Å². The molecule has 0 spiro atoms. The van der Waals surface area contributed by atoms with Crippen LogP contribution in [-0.2, 0) is 4.79 Å². The van der Waals surface area contributed by atoms with Gasteiger partial charge in [-0.05, 0) is 36.8 Å². The van der Waals surface area contributed by atoms with Crippen LogP contribution in [0.2, 0.25) is 0 Å². The lowest BCUT2D eigenvalue weighted by Crippen LogP contribution is -2.20. The average molecular weight is 348 g/mol. The minimum atomic E-state index is -0.250. The monoisotopic (exact) mass is 347 g/mol. The van der Waals surface area contributed by atoms with Gasteiger partial charge < -0.3 is 10.1 Å². The van der Waals surface area contributed by atoms with Crippen LogP contribution in [0.1, 0.15) is 15.9 Å². The molecule has 0 radical (unpaired) electrons. The Hall–Kier alpha value is -2.14. The molecule has 0 fully saturated rings. The fraction of sp³-hybridized carbons (Fsp3) is 0.125. The Labute approximate surface area is 131 Å². The molecule has 0 bridgehead atoms. The van der Waals surface area contributed by atoms with Crippen molar-refractivity contribution in [2.75, 3.05) is 11.9 Å². The Balaban J connectivity index is 1.95. The Morgan fingerprint density at radius 1 is 1.29 bits per heavy atom. The van der Waals surface area contributed by atoms with E-state index in [0.717, 1.165) is 17.5 Å². The molecule has 2 rings (SSSR count). The van der Waals surface area contributed by atoms with Crippen molar-refractivity contribution < 1.29 is 14.3 Å². The van der Waals surface area contributed by atoms with Crippen molar-refractivity contribution in [2.24, 2.45) is 0 Å². The number of benzene rings is 2. The zero-order valence-corrected chi connectivity index (χ0v) is 13.0. The van der Waals surface area contributed by atoms with Crippen LogP contribution in [-0.4, -0.2) is 18.8 Å². The van der Waals surface area contributed by atoms with Crippen LogP contribution in [0, 0.1) is 6.92 Å². The third kappa shape index (κ3) is 4.16. The molecular weight excluding hydrogens is 334 g/mol. The molecule has 0 saturated heterocycles. The third-order valence-corrected chi connectivity index (χ3v) is 3.61. The molecule has 0 unspecified atom stereocenters. The van der Waals surface area contributed by atoms with Crippen LogP contribution in [0.4, 0.5) is 5.69 Å². The van der Waals surface area contributed by atoms with Gasteiger partial charge in [-0.25, -0.2) is 0 Å². The number of aryl methyl sites for hydroxylation is 1. The molecule has 5 heteroatoms. The number of carbonyl (C=O) groups is 2. The molecule has 1 amide bonds. The van der Waals surface area contributed by atoms with E-state index >= 15 is 0 Å². The predicted molar refractivity (Wildman–Crippen MR) is 84.8 cm³/mol. The summed E-state index contributed by atoms with van der Waals surface area (Å²) in [5, 5.41) is 2.78. The average Bonchev–Trinajstić information content (AvgIpc) is 2.49. The summed E-state index contributed by atoms with van der Waals surface area (Å²) in [6.07, 6.45) is 0.727. The van der Waals surface area contributed by atoms with Crippen molar-refractivity contribution in [3.63, 3.8) is 0 Å². The number of nitrogens with one attached hydrogen (secondary N) is 1. The number of rotatable bonds is 5. The van der Waals surface area contributed by atoms with Gasteiger partial charge in [0.15, 0.2) is 12.9 Å². The summed E-state index contributed by atoms with van der Waals surface area (Å²) in [6.45, 7) is 1.80. The number of para-hydroxylation sites is 1. The summed E-state index contributed by atoms with van der Waals surface area (Å²) in [5.41, 5.74) is 2.22. The molecular formula is C16H14BrNO3. The Kier molecular flexibility index (Phi) is 5.11. The van der Waals surface area contributed by atoms with Gasteiger partial charge >= 0.3 is 0 Å². The van der Waals surface area contributed by atoms with E-state index < -0.39 is 0 Å². The zero-order chi connectivity index (χ0) is 15.2. The van der Waals surface area contributed by atoms with E-state index in [1.54, 1.807) is 18.2 Å². The van der Waals surface area contributed by atoms with Gasteiger partial charge in [0.05, 0.1) is 0 Å². The first-order valence-electron chi connectivity index (χ1n) is 6.33. The fourth-order valence-corrected chi connectivity index (χ4v) is 2.09. The van der Waals surface area contributed by atoms with Crippen LogP contribution in [0.25, 0.3) is 0 Å². The molecule has 1 N–H and O–H groups in total. The van der Waals surface area contributed by atoms with Gasteiger partial charge in [-0.2, -0.15) is 0 Å². The normalized spacial score (nSPS) is 10.0. The zero-order valence-electron chi connectivity index (χ0n) is 11.4. The molecule has 2 aromatic rings. The van der Waals surface area contributed by atoms with E-state index in [4.69, 9.17) is 4.74 Å². The highest BCUT2D eigenvalue weighted by atomic mass is 79.9. The molecule has 0 aliphatic heterocycles. The molecule has 0 atom stereocenters. The second-order valence-electron chi connectivity index (χ2n) is 4.45. The number of anilines is 1. The van der Waals surface area contributed by atoms with E-state index in [1.807, 2.05) is 31.2 Å². The van der Waals surface area contributed by atoms with E-state index in [0.29, 0.717) is 15.8 Å².